The minimum absolute atomic E-state index is 0.0198. The summed E-state index contributed by atoms with van der Waals surface area (Å²) in [6.45, 7) is 6.26. The minimum Gasteiger partial charge on any atom is -0.376 e. The normalized spacial score (nSPS) is 22.1. The lowest BCUT2D eigenvalue weighted by Crippen LogP contribution is -2.43. The molecule has 2 atom stereocenters. The molecule has 1 aromatic carbocycles. The first kappa shape index (κ1) is 13.5. The molecule has 1 saturated heterocycles. The summed E-state index contributed by atoms with van der Waals surface area (Å²) in [5.74, 6) is 6.19. The van der Waals surface area contributed by atoms with Crippen molar-refractivity contribution in [3.8, 4) is 0 Å². The van der Waals surface area contributed by atoms with Gasteiger partial charge >= 0.3 is 0 Å². The molecule has 1 aliphatic rings. The Hall–Kier alpha value is -0.940. The zero-order valence-corrected chi connectivity index (χ0v) is 11.1. The zero-order valence-electron chi connectivity index (χ0n) is 11.1. The van der Waals surface area contributed by atoms with E-state index in [1.54, 1.807) is 0 Å². The van der Waals surface area contributed by atoms with E-state index in [1.165, 1.54) is 5.56 Å². The predicted octanol–water partition coefficient (Wildman–Crippen LogP) is 1.73. The first-order valence-electron chi connectivity index (χ1n) is 6.47. The van der Waals surface area contributed by atoms with Crippen LogP contribution >= 0.6 is 0 Å². The Morgan fingerprint density at radius 2 is 1.83 bits per heavy atom. The second-order valence-electron chi connectivity index (χ2n) is 4.95. The second kappa shape index (κ2) is 6.29. The summed E-state index contributed by atoms with van der Waals surface area (Å²) in [5, 5.41) is 0. The van der Waals surface area contributed by atoms with E-state index in [2.05, 4.69) is 43.5 Å². The van der Waals surface area contributed by atoms with Crippen LogP contribution in [-0.4, -0.2) is 25.9 Å². The van der Waals surface area contributed by atoms with Crippen molar-refractivity contribution in [2.45, 2.75) is 31.9 Å². The predicted molar refractivity (Wildman–Crippen MR) is 71.2 cm³/mol. The summed E-state index contributed by atoms with van der Waals surface area (Å²) in [7, 11) is 0. The van der Waals surface area contributed by atoms with Crippen molar-refractivity contribution in [1.82, 2.24) is 5.43 Å². The summed E-state index contributed by atoms with van der Waals surface area (Å²) in [6, 6.07) is 8.49. The van der Waals surface area contributed by atoms with Crippen molar-refractivity contribution < 1.29 is 9.47 Å². The molecule has 2 unspecified atom stereocenters. The fourth-order valence-corrected chi connectivity index (χ4v) is 2.20. The van der Waals surface area contributed by atoms with Crippen molar-refractivity contribution in [3.63, 3.8) is 0 Å². The van der Waals surface area contributed by atoms with Crippen molar-refractivity contribution in [2.75, 3.05) is 19.8 Å². The summed E-state index contributed by atoms with van der Waals surface area (Å²) >= 11 is 0. The largest absolute Gasteiger partial charge is 0.376 e. The first-order valence-corrected chi connectivity index (χ1v) is 6.47. The summed E-state index contributed by atoms with van der Waals surface area (Å²) < 4.78 is 11.1. The van der Waals surface area contributed by atoms with Gasteiger partial charge in [0.1, 0.15) is 6.10 Å². The van der Waals surface area contributed by atoms with Crippen molar-refractivity contribution in [2.24, 2.45) is 5.84 Å². The van der Waals surface area contributed by atoms with Crippen molar-refractivity contribution >= 4 is 0 Å². The monoisotopic (exact) mass is 250 g/mol. The van der Waals surface area contributed by atoms with Gasteiger partial charge in [0.25, 0.3) is 0 Å². The van der Waals surface area contributed by atoms with Crippen LogP contribution < -0.4 is 11.3 Å². The number of ether oxygens (including phenoxy) is 2. The second-order valence-corrected chi connectivity index (χ2v) is 4.95. The molecule has 0 amide bonds. The maximum Gasteiger partial charge on any atom is 0.102 e. The number of nitrogens with one attached hydrogen (secondary N) is 1. The smallest absolute Gasteiger partial charge is 0.102 e. The highest BCUT2D eigenvalue weighted by Gasteiger charge is 2.25. The number of benzene rings is 1. The van der Waals surface area contributed by atoms with Crippen LogP contribution in [-0.2, 0) is 9.47 Å². The average Bonchev–Trinajstić information content (AvgIpc) is 2.41. The van der Waals surface area contributed by atoms with E-state index in [4.69, 9.17) is 15.3 Å². The van der Waals surface area contributed by atoms with E-state index in [-0.39, 0.29) is 12.1 Å². The van der Waals surface area contributed by atoms with Gasteiger partial charge in [-0.1, -0.05) is 38.1 Å². The van der Waals surface area contributed by atoms with Gasteiger partial charge in [0, 0.05) is 0 Å². The molecule has 100 valence electrons. The quantitative estimate of drug-likeness (QED) is 0.631. The Labute approximate surface area is 108 Å². The molecule has 4 heteroatoms. The van der Waals surface area contributed by atoms with Crippen LogP contribution in [0.3, 0.4) is 0 Å². The molecule has 0 bridgehead atoms. The van der Waals surface area contributed by atoms with Gasteiger partial charge in [0.2, 0.25) is 0 Å². The number of rotatable bonds is 4. The lowest BCUT2D eigenvalue weighted by molar-refractivity contribution is -0.102. The lowest BCUT2D eigenvalue weighted by Gasteiger charge is -2.30. The minimum atomic E-state index is -0.0217. The molecule has 0 aliphatic carbocycles. The molecule has 0 saturated carbocycles. The molecule has 1 aromatic rings. The number of nitrogens with two attached hydrogens (primary N) is 1. The van der Waals surface area contributed by atoms with Crippen LogP contribution in [0.2, 0.25) is 0 Å². The van der Waals surface area contributed by atoms with E-state index in [0.717, 1.165) is 5.56 Å². The fourth-order valence-electron chi connectivity index (χ4n) is 2.20. The fraction of sp³-hybridized carbons (Fsp3) is 0.571. The lowest BCUT2D eigenvalue weighted by atomic mass is 9.97. The van der Waals surface area contributed by atoms with Gasteiger partial charge in [-0.25, -0.2) is 0 Å². The Morgan fingerprint density at radius 3 is 2.33 bits per heavy atom. The zero-order chi connectivity index (χ0) is 13.0. The number of hydrogen-bond donors (Lipinski definition) is 2. The molecule has 18 heavy (non-hydrogen) atoms. The summed E-state index contributed by atoms with van der Waals surface area (Å²) in [6.07, 6.45) is -0.0198. The molecule has 1 fully saturated rings. The van der Waals surface area contributed by atoms with Gasteiger partial charge in [0.05, 0.1) is 25.9 Å². The molecule has 0 spiro atoms. The van der Waals surface area contributed by atoms with E-state index in [9.17, 15) is 0 Å². The highest BCUT2D eigenvalue weighted by Crippen LogP contribution is 2.23. The van der Waals surface area contributed by atoms with E-state index in [0.29, 0.717) is 25.7 Å². The van der Waals surface area contributed by atoms with Crippen LogP contribution in [0.15, 0.2) is 24.3 Å². The standard InChI is InChI=1S/C14H22N2O2/c1-10(2)11-3-5-12(6-4-11)14(16-15)13-9-17-7-8-18-13/h3-6,10,13-14,16H,7-9,15H2,1-2H3. The van der Waals surface area contributed by atoms with Crippen LogP contribution in [0.25, 0.3) is 0 Å². The van der Waals surface area contributed by atoms with Gasteiger partial charge in [-0.05, 0) is 17.0 Å². The molecule has 1 heterocycles. The molecule has 0 aromatic heterocycles. The maximum absolute atomic E-state index is 5.70. The van der Waals surface area contributed by atoms with Gasteiger partial charge in [-0.15, -0.1) is 0 Å². The van der Waals surface area contributed by atoms with Gasteiger partial charge in [0.15, 0.2) is 0 Å². The third-order valence-electron chi connectivity index (χ3n) is 3.36. The summed E-state index contributed by atoms with van der Waals surface area (Å²) in [4.78, 5) is 0. The van der Waals surface area contributed by atoms with Crippen molar-refractivity contribution in [1.29, 1.82) is 0 Å². The third kappa shape index (κ3) is 3.09. The molecule has 2 rings (SSSR count). The average molecular weight is 250 g/mol. The highest BCUT2D eigenvalue weighted by atomic mass is 16.6. The SMILES string of the molecule is CC(C)c1ccc(C(NN)C2COCCO2)cc1. The molecule has 0 radical (unpaired) electrons. The molecule has 4 nitrogen and oxygen atoms in total. The topological polar surface area (TPSA) is 56.5 Å². The van der Waals surface area contributed by atoms with Gasteiger partial charge < -0.3 is 9.47 Å². The van der Waals surface area contributed by atoms with Crippen LogP contribution in [0.1, 0.15) is 36.9 Å². The van der Waals surface area contributed by atoms with Gasteiger partial charge in [-0.3, -0.25) is 11.3 Å². The van der Waals surface area contributed by atoms with E-state index >= 15 is 0 Å². The Kier molecular flexibility index (Phi) is 4.72. The van der Waals surface area contributed by atoms with Crippen molar-refractivity contribution in [3.05, 3.63) is 35.4 Å². The number of hydrogen-bond acceptors (Lipinski definition) is 4. The van der Waals surface area contributed by atoms with E-state index in [1.807, 2.05) is 0 Å². The molecular formula is C14H22N2O2. The Balaban J connectivity index is 2.11. The van der Waals surface area contributed by atoms with Gasteiger partial charge in [-0.2, -0.15) is 0 Å². The number of hydrazine groups is 1. The molecular weight excluding hydrogens is 228 g/mol. The Bertz CT molecular complexity index is 359. The third-order valence-corrected chi connectivity index (χ3v) is 3.36. The van der Waals surface area contributed by atoms with Crippen LogP contribution in [0, 0.1) is 0 Å². The molecule has 3 N–H and O–H groups in total. The van der Waals surface area contributed by atoms with E-state index < -0.39 is 0 Å². The van der Waals surface area contributed by atoms with Crippen LogP contribution in [0.4, 0.5) is 0 Å². The summed E-state index contributed by atoms with van der Waals surface area (Å²) in [5.41, 5.74) is 5.30. The van der Waals surface area contributed by atoms with Crippen LogP contribution in [0.5, 0.6) is 0 Å². The first-order chi connectivity index (χ1) is 8.72. The Morgan fingerprint density at radius 1 is 1.17 bits per heavy atom. The highest BCUT2D eigenvalue weighted by molar-refractivity contribution is 5.27. The molecule has 1 aliphatic heterocycles. The maximum atomic E-state index is 5.70.